The molecule has 0 atom stereocenters. The van der Waals surface area contributed by atoms with Gasteiger partial charge in [0, 0.05) is 40.5 Å². The van der Waals surface area contributed by atoms with E-state index < -0.39 is 10.8 Å². The molecule has 0 spiro atoms. The van der Waals surface area contributed by atoms with Crippen molar-refractivity contribution in [3.05, 3.63) is 23.8 Å². The summed E-state index contributed by atoms with van der Waals surface area (Å²) in [6.45, 7) is 0.748. The Balaban J connectivity index is 1.96. The van der Waals surface area contributed by atoms with Crippen LogP contribution in [0, 0.1) is 0 Å². The Hall–Kier alpha value is -1.07. The molecule has 1 heterocycles. The molecule has 0 saturated carbocycles. The van der Waals surface area contributed by atoms with E-state index in [0.29, 0.717) is 6.04 Å². The Labute approximate surface area is 116 Å². The van der Waals surface area contributed by atoms with Gasteiger partial charge in [-0.05, 0) is 31.0 Å². The molecule has 0 bridgehead atoms. The van der Waals surface area contributed by atoms with E-state index in [9.17, 15) is 4.21 Å². The van der Waals surface area contributed by atoms with Gasteiger partial charge in [0.1, 0.15) is 11.5 Å². The van der Waals surface area contributed by atoms with E-state index in [4.69, 9.17) is 9.47 Å². The molecule has 1 aliphatic heterocycles. The zero-order valence-corrected chi connectivity index (χ0v) is 12.3. The van der Waals surface area contributed by atoms with Crippen LogP contribution in [0.2, 0.25) is 0 Å². The van der Waals surface area contributed by atoms with Gasteiger partial charge >= 0.3 is 0 Å². The Morgan fingerprint density at radius 2 is 2.00 bits per heavy atom. The average molecular weight is 283 g/mol. The zero-order chi connectivity index (χ0) is 13.7. The molecule has 1 fully saturated rings. The number of rotatable bonds is 5. The van der Waals surface area contributed by atoms with Gasteiger partial charge in [0.25, 0.3) is 0 Å². The minimum Gasteiger partial charge on any atom is -0.497 e. The van der Waals surface area contributed by atoms with Crippen molar-refractivity contribution in [1.29, 1.82) is 0 Å². The average Bonchev–Trinajstić information content (AvgIpc) is 2.46. The predicted octanol–water partition coefficient (Wildman–Crippen LogP) is 1.70. The van der Waals surface area contributed by atoms with Gasteiger partial charge in [0.2, 0.25) is 0 Å². The molecule has 1 N–H and O–H groups in total. The maximum Gasteiger partial charge on any atom is 0.123 e. The maximum absolute atomic E-state index is 11.3. The largest absolute Gasteiger partial charge is 0.497 e. The third-order valence-electron chi connectivity index (χ3n) is 3.46. The van der Waals surface area contributed by atoms with Crippen molar-refractivity contribution >= 4 is 10.8 Å². The maximum atomic E-state index is 11.3. The second kappa shape index (κ2) is 6.91. The van der Waals surface area contributed by atoms with Crippen LogP contribution in [0.4, 0.5) is 0 Å². The van der Waals surface area contributed by atoms with Crippen molar-refractivity contribution in [3.8, 4) is 11.5 Å². The van der Waals surface area contributed by atoms with Gasteiger partial charge in [0.05, 0.1) is 14.2 Å². The highest BCUT2D eigenvalue weighted by atomic mass is 32.2. The lowest BCUT2D eigenvalue weighted by Crippen LogP contribution is -2.35. The van der Waals surface area contributed by atoms with Crippen LogP contribution in [0.5, 0.6) is 11.5 Å². The standard InChI is InChI=1S/C14H21NO3S/c1-17-13-3-4-14(18-2)11(9-13)10-15-12-5-7-19(16)8-6-12/h3-4,9,12,15H,5-8,10H2,1-2H3. The lowest BCUT2D eigenvalue weighted by Gasteiger charge is -2.23. The van der Waals surface area contributed by atoms with Gasteiger partial charge in [0.15, 0.2) is 0 Å². The van der Waals surface area contributed by atoms with E-state index in [2.05, 4.69) is 5.32 Å². The monoisotopic (exact) mass is 283 g/mol. The lowest BCUT2D eigenvalue weighted by molar-refractivity contribution is 0.393. The van der Waals surface area contributed by atoms with Gasteiger partial charge in [-0.3, -0.25) is 4.21 Å². The molecule has 1 aromatic carbocycles. The van der Waals surface area contributed by atoms with Gasteiger partial charge in [-0.2, -0.15) is 0 Å². The van der Waals surface area contributed by atoms with Crippen LogP contribution in [0.1, 0.15) is 18.4 Å². The summed E-state index contributed by atoms with van der Waals surface area (Å²) in [5, 5.41) is 3.51. The van der Waals surface area contributed by atoms with Crippen molar-refractivity contribution < 1.29 is 13.7 Å². The molecular formula is C14H21NO3S. The van der Waals surface area contributed by atoms with E-state index in [1.807, 2.05) is 18.2 Å². The molecule has 0 amide bonds. The lowest BCUT2D eigenvalue weighted by atomic mass is 10.1. The van der Waals surface area contributed by atoms with Crippen molar-refractivity contribution in [1.82, 2.24) is 5.32 Å². The molecule has 19 heavy (non-hydrogen) atoms. The summed E-state index contributed by atoms with van der Waals surface area (Å²) in [5.41, 5.74) is 1.09. The third kappa shape index (κ3) is 3.94. The van der Waals surface area contributed by atoms with Crippen molar-refractivity contribution in [3.63, 3.8) is 0 Å². The SMILES string of the molecule is COc1ccc(OC)c(CNC2CCS(=O)CC2)c1. The van der Waals surface area contributed by atoms with Crippen LogP contribution in [-0.2, 0) is 17.3 Å². The smallest absolute Gasteiger partial charge is 0.123 e. The molecule has 0 unspecified atom stereocenters. The zero-order valence-electron chi connectivity index (χ0n) is 11.5. The molecule has 4 nitrogen and oxygen atoms in total. The molecule has 106 valence electrons. The first-order valence-electron chi connectivity index (χ1n) is 6.52. The number of hydrogen-bond acceptors (Lipinski definition) is 4. The molecule has 0 radical (unpaired) electrons. The fraction of sp³-hybridized carbons (Fsp3) is 0.571. The normalized spacial score (nSPS) is 23.1. The molecule has 2 rings (SSSR count). The van der Waals surface area contributed by atoms with Gasteiger partial charge in [-0.1, -0.05) is 0 Å². The van der Waals surface area contributed by atoms with Crippen molar-refractivity contribution in [2.24, 2.45) is 0 Å². The van der Waals surface area contributed by atoms with Gasteiger partial charge in [-0.25, -0.2) is 0 Å². The Morgan fingerprint density at radius 1 is 1.26 bits per heavy atom. The summed E-state index contributed by atoms with van der Waals surface area (Å²) < 4.78 is 21.9. The first-order valence-corrected chi connectivity index (χ1v) is 8.01. The minimum atomic E-state index is -0.605. The highest BCUT2D eigenvalue weighted by Crippen LogP contribution is 2.24. The van der Waals surface area contributed by atoms with E-state index >= 15 is 0 Å². The number of nitrogens with one attached hydrogen (secondary N) is 1. The highest BCUT2D eigenvalue weighted by molar-refractivity contribution is 7.85. The molecule has 5 heteroatoms. The summed E-state index contributed by atoms with van der Waals surface area (Å²) in [6.07, 6.45) is 1.97. The first-order chi connectivity index (χ1) is 9.22. The Bertz CT molecular complexity index is 440. The van der Waals surface area contributed by atoms with Crippen LogP contribution in [0.25, 0.3) is 0 Å². The Kier molecular flexibility index (Phi) is 5.22. The van der Waals surface area contributed by atoms with Crippen LogP contribution in [-0.4, -0.2) is 36.0 Å². The molecule has 1 saturated heterocycles. The van der Waals surface area contributed by atoms with Crippen LogP contribution in [0.3, 0.4) is 0 Å². The first kappa shape index (κ1) is 14.3. The number of hydrogen-bond donors (Lipinski definition) is 1. The van der Waals surface area contributed by atoms with Crippen molar-refractivity contribution in [2.45, 2.75) is 25.4 Å². The minimum absolute atomic E-state index is 0.452. The predicted molar refractivity (Wildman–Crippen MR) is 77.3 cm³/mol. The number of methoxy groups -OCH3 is 2. The summed E-state index contributed by atoms with van der Waals surface area (Å²) in [6, 6.07) is 6.26. The second-order valence-electron chi connectivity index (χ2n) is 4.68. The van der Waals surface area contributed by atoms with Gasteiger partial charge in [-0.15, -0.1) is 0 Å². The highest BCUT2D eigenvalue weighted by Gasteiger charge is 2.17. The molecule has 1 aliphatic rings. The fourth-order valence-electron chi connectivity index (χ4n) is 2.27. The summed E-state index contributed by atoms with van der Waals surface area (Å²) in [4.78, 5) is 0. The van der Waals surface area contributed by atoms with Gasteiger partial charge < -0.3 is 14.8 Å². The topological polar surface area (TPSA) is 47.6 Å². The van der Waals surface area contributed by atoms with Crippen LogP contribution < -0.4 is 14.8 Å². The molecular weight excluding hydrogens is 262 g/mol. The number of ether oxygens (including phenoxy) is 2. The summed E-state index contributed by atoms with van der Waals surface area (Å²) in [5.74, 6) is 3.33. The summed E-state index contributed by atoms with van der Waals surface area (Å²) >= 11 is 0. The molecule has 0 aliphatic carbocycles. The van der Waals surface area contributed by atoms with E-state index in [0.717, 1.165) is 48.0 Å². The van der Waals surface area contributed by atoms with E-state index in [-0.39, 0.29) is 0 Å². The van der Waals surface area contributed by atoms with E-state index in [1.54, 1.807) is 14.2 Å². The number of benzene rings is 1. The van der Waals surface area contributed by atoms with Crippen molar-refractivity contribution in [2.75, 3.05) is 25.7 Å². The Morgan fingerprint density at radius 3 is 2.63 bits per heavy atom. The fourth-order valence-corrected chi connectivity index (χ4v) is 3.57. The second-order valence-corrected chi connectivity index (χ2v) is 6.38. The van der Waals surface area contributed by atoms with E-state index in [1.165, 1.54) is 0 Å². The third-order valence-corrected chi connectivity index (χ3v) is 4.84. The van der Waals surface area contributed by atoms with Crippen LogP contribution >= 0.6 is 0 Å². The quantitative estimate of drug-likeness (QED) is 0.893. The van der Waals surface area contributed by atoms with Crippen LogP contribution in [0.15, 0.2) is 18.2 Å². The molecule has 1 aromatic rings. The molecule has 0 aromatic heterocycles. The summed E-state index contributed by atoms with van der Waals surface area (Å²) in [7, 11) is 2.73.